The predicted molar refractivity (Wildman–Crippen MR) is 186 cm³/mol. The minimum absolute atomic E-state index is 0.0738. The quantitative estimate of drug-likeness (QED) is 0.183. The van der Waals surface area contributed by atoms with Crippen molar-refractivity contribution < 1.29 is 22.7 Å². The number of nitrogens with zero attached hydrogens (tertiary/aromatic N) is 1. The summed E-state index contributed by atoms with van der Waals surface area (Å²) in [7, 11) is -3.97. The Morgan fingerprint density at radius 2 is 1.79 bits per heavy atom. The summed E-state index contributed by atoms with van der Waals surface area (Å²) in [5.41, 5.74) is 0.880. The predicted octanol–water partition coefficient (Wildman–Crippen LogP) is 7.71. The number of aromatic nitrogens is 1. The van der Waals surface area contributed by atoms with Gasteiger partial charge in [-0.1, -0.05) is 42.8 Å². The number of carbonyl (C=O) groups is 2. The number of rotatable bonds is 9. The highest BCUT2D eigenvalue weighted by molar-refractivity contribution is 7.89. The van der Waals surface area contributed by atoms with E-state index in [-0.39, 0.29) is 34.6 Å². The summed E-state index contributed by atoms with van der Waals surface area (Å²) in [6.45, 7) is 11.0. The van der Waals surface area contributed by atoms with Gasteiger partial charge in [0.25, 0.3) is 0 Å². The number of sulfonamides is 1. The summed E-state index contributed by atoms with van der Waals surface area (Å²) in [6.07, 6.45) is 6.86. The summed E-state index contributed by atoms with van der Waals surface area (Å²) >= 11 is 1.52. The Balaban J connectivity index is 1.38. The lowest BCUT2D eigenvalue weighted by molar-refractivity contribution is 0.0678. The maximum atomic E-state index is 13.8. The van der Waals surface area contributed by atoms with E-state index in [2.05, 4.69) is 20.7 Å². The van der Waals surface area contributed by atoms with Crippen LogP contribution in [0.15, 0.2) is 59.6 Å². The smallest absolute Gasteiger partial charge is 0.407 e. The van der Waals surface area contributed by atoms with Crippen molar-refractivity contribution in [3.05, 3.63) is 65.3 Å². The van der Waals surface area contributed by atoms with E-state index in [0.29, 0.717) is 17.2 Å². The second-order valence-corrected chi connectivity index (χ2v) is 16.9. The van der Waals surface area contributed by atoms with Gasteiger partial charge in [-0.25, -0.2) is 27.7 Å². The minimum atomic E-state index is -3.97. The lowest BCUT2D eigenvalue weighted by Gasteiger charge is -2.48. The van der Waals surface area contributed by atoms with Crippen LogP contribution in [0.3, 0.4) is 0 Å². The van der Waals surface area contributed by atoms with Gasteiger partial charge in [0.15, 0.2) is 0 Å². The summed E-state index contributed by atoms with van der Waals surface area (Å²) in [4.78, 5) is 31.0. The number of hydrogen-bond donors (Lipinski definition) is 4. The van der Waals surface area contributed by atoms with Gasteiger partial charge in [-0.2, -0.15) is 0 Å². The highest BCUT2D eigenvalue weighted by Crippen LogP contribution is 2.51. The Kier molecular flexibility index (Phi) is 10.3. The van der Waals surface area contributed by atoms with Gasteiger partial charge in [-0.05, 0) is 97.3 Å². The van der Waals surface area contributed by atoms with E-state index in [1.165, 1.54) is 17.4 Å². The van der Waals surface area contributed by atoms with Gasteiger partial charge in [0, 0.05) is 34.4 Å². The average molecular weight is 682 g/mol. The Bertz CT molecular complexity index is 1690. The lowest BCUT2D eigenvalue weighted by atomic mass is 9.63. The molecule has 4 N–H and O–H groups in total. The number of hydrogen-bond acceptors (Lipinski definition) is 7. The van der Waals surface area contributed by atoms with Crippen molar-refractivity contribution >= 4 is 39.2 Å². The van der Waals surface area contributed by atoms with Crippen molar-refractivity contribution in [3.63, 3.8) is 0 Å². The van der Waals surface area contributed by atoms with Gasteiger partial charge in [0.05, 0.1) is 26.9 Å². The number of anilines is 1. The Morgan fingerprint density at radius 3 is 2.49 bits per heavy atom. The van der Waals surface area contributed by atoms with Crippen molar-refractivity contribution in [2.24, 2.45) is 5.92 Å². The Hall–Kier alpha value is -3.48. The van der Waals surface area contributed by atoms with Crippen LogP contribution in [0.2, 0.25) is 0 Å². The largest absolute Gasteiger partial charge is 0.447 e. The third kappa shape index (κ3) is 8.71. The first-order valence-electron chi connectivity index (χ1n) is 16.4. The van der Waals surface area contributed by atoms with Crippen molar-refractivity contribution in [2.45, 2.75) is 114 Å². The van der Waals surface area contributed by atoms with Gasteiger partial charge < -0.3 is 20.7 Å². The van der Waals surface area contributed by atoms with Crippen molar-refractivity contribution in [3.8, 4) is 10.4 Å². The zero-order chi connectivity index (χ0) is 34.0. The first-order chi connectivity index (χ1) is 22.1. The number of thiazole rings is 1. The first kappa shape index (κ1) is 34.8. The molecule has 10 nitrogen and oxygen atoms in total. The van der Waals surface area contributed by atoms with E-state index in [1.54, 1.807) is 39.1 Å². The molecule has 12 heteroatoms. The number of carbonyl (C=O) groups excluding carboxylic acids is 2. The van der Waals surface area contributed by atoms with Crippen LogP contribution in [0.4, 0.5) is 15.3 Å². The van der Waals surface area contributed by atoms with Crippen LogP contribution in [0.25, 0.3) is 10.4 Å². The molecule has 2 aromatic carbocycles. The number of urea groups is 1. The number of ether oxygens (including phenoxy) is 1. The summed E-state index contributed by atoms with van der Waals surface area (Å²) < 4.78 is 35.7. The van der Waals surface area contributed by atoms with E-state index in [9.17, 15) is 18.0 Å². The molecule has 0 radical (unpaired) electrons. The van der Waals surface area contributed by atoms with Crippen molar-refractivity contribution in [1.29, 1.82) is 0 Å². The second kappa shape index (κ2) is 13.9. The van der Waals surface area contributed by atoms with Crippen LogP contribution in [-0.2, 0) is 14.8 Å². The van der Waals surface area contributed by atoms with Gasteiger partial charge in [-0.15, -0.1) is 11.3 Å². The molecule has 0 aliphatic heterocycles. The molecule has 2 aliphatic carbocycles. The average Bonchev–Trinajstić information content (AvgIpc) is 3.45. The van der Waals surface area contributed by atoms with Crippen molar-refractivity contribution in [2.75, 3.05) is 5.32 Å². The minimum Gasteiger partial charge on any atom is -0.447 e. The molecule has 3 amide bonds. The zero-order valence-electron chi connectivity index (χ0n) is 28.1. The fourth-order valence-electron chi connectivity index (χ4n) is 6.86. The maximum absolute atomic E-state index is 13.8. The van der Waals surface area contributed by atoms with E-state index < -0.39 is 21.6 Å². The fraction of sp³-hybridized carbons (Fsp3) is 0.514. The van der Waals surface area contributed by atoms with Gasteiger partial charge in [0.2, 0.25) is 10.0 Å². The van der Waals surface area contributed by atoms with Crippen LogP contribution in [0.5, 0.6) is 0 Å². The molecule has 5 rings (SSSR count). The van der Waals surface area contributed by atoms with Crippen LogP contribution in [0.1, 0.15) is 103 Å². The lowest BCUT2D eigenvalue weighted by Crippen LogP contribution is -2.54. The summed E-state index contributed by atoms with van der Waals surface area (Å²) in [6, 6.07) is 13.9. The molecule has 1 heterocycles. The van der Waals surface area contributed by atoms with Crippen LogP contribution >= 0.6 is 11.3 Å². The molecule has 47 heavy (non-hydrogen) atoms. The second-order valence-electron chi connectivity index (χ2n) is 14.2. The first-order valence-corrected chi connectivity index (χ1v) is 18.7. The number of amides is 3. The molecule has 3 unspecified atom stereocenters. The molecule has 2 saturated carbocycles. The van der Waals surface area contributed by atoms with Gasteiger partial charge >= 0.3 is 12.1 Å². The molecule has 1 aromatic heterocycles. The number of benzene rings is 2. The molecule has 4 atom stereocenters. The summed E-state index contributed by atoms with van der Waals surface area (Å²) in [5.74, 6) is 0.596. The van der Waals surface area contributed by atoms with Crippen molar-refractivity contribution in [1.82, 2.24) is 20.3 Å². The standard InChI is InChI=1S/C35H47N5O5S2/c1-22(2)45-33(42)39-35-17-10-13-25(20-35)27(16-18-35)31-36-21-29(46-31)28-15-14-26(19-30(28)47(43,44)40-34(4,5)6)38-32(41)37-23(3)24-11-8-7-9-12-24/h7-9,11-12,14-15,19,21-23,25,27,40H,10,13,16-18,20H2,1-6H3,(H,39,42)(H2,37,38,41)/t23-,25?,27?,35?/m0/s1. The summed E-state index contributed by atoms with van der Waals surface area (Å²) in [5, 5.41) is 9.90. The fourth-order valence-corrected chi connectivity index (χ4v) is 9.78. The van der Waals surface area contributed by atoms with Crippen LogP contribution < -0.4 is 20.7 Å². The molecule has 2 fully saturated rings. The highest BCUT2D eigenvalue weighted by atomic mass is 32.2. The van der Waals surface area contributed by atoms with E-state index in [4.69, 9.17) is 9.72 Å². The highest BCUT2D eigenvalue weighted by Gasteiger charge is 2.46. The maximum Gasteiger partial charge on any atom is 0.407 e. The third-order valence-electron chi connectivity index (χ3n) is 8.82. The molecule has 0 saturated heterocycles. The van der Waals surface area contributed by atoms with Gasteiger partial charge in [0.1, 0.15) is 0 Å². The number of fused-ring (bicyclic) bond motifs is 2. The number of nitrogens with one attached hydrogen (secondary N) is 4. The van der Waals surface area contributed by atoms with E-state index >= 15 is 0 Å². The Morgan fingerprint density at radius 1 is 1.04 bits per heavy atom. The van der Waals surface area contributed by atoms with Gasteiger partial charge in [-0.3, -0.25) is 0 Å². The number of alkyl carbamates (subject to hydrolysis) is 1. The monoisotopic (exact) mass is 681 g/mol. The van der Waals surface area contributed by atoms with Crippen LogP contribution in [-0.4, -0.2) is 42.7 Å². The zero-order valence-corrected chi connectivity index (χ0v) is 29.7. The molecule has 3 aromatic rings. The Labute approximate surface area is 282 Å². The molecular formula is C35H47N5O5S2. The third-order valence-corrected chi connectivity index (χ3v) is 11.8. The molecule has 254 valence electrons. The molecular weight excluding hydrogens is 635 g/mol. The molecule has 2 aliphatic rings. The molecule has 0 spiro atoms. The van der Waals surface area contributed by atoms with Crippen LogP contribution in [0, 0.1) is 5.92 Å². The topological polar surface area (TPSA) is 139 Å². The SMILES string of the molecule is CC(C)OC(=O)NC12CCCC(C1)C(c1ncc(-c3ccc(NC(=O)N[C@@H](C)c4ccccc4)cc3S(=O)(=O)NC(C)(C)C)s1)CC2. The van der Waals surface area contributed by atoms with E-state index in [1.807, 2.05) is 51.1 Å². The normalized spacial score (nSPS) is 21.9. The molecule has 2 bridgehead atoms. The van der Waals surface area contributed by atoms with E-state index in [0.717, 1.165) is 54.0 Å².